The number of aliphatic carboxylic acids is 2. The van der Waals surface area contributed by atoms with Gasteiger partial charge >= 0.3 is 11.9 Å². The summed E-state index contributed by atoms with van der Waals surface area (Å²) >= 11 is 0. The third-order valence-electron chi connectivity index (χ3n) is 17.2. The summed E-state index contributed by atoms with van der Waals surface area (Å²) in [6, 6.07) is 0. The molecule has 0 aromatic carbocycles. The number of carboxylic acids is 2. The number of allylic oxidation sites excluding steroid dienone is 2. The van der Waals surface area contributed by atoms with Crippen LogP contribution in [0.2, 0.25) is 0 Å². The highest BCUT2D eigenvalue weighted by atomic mass is 16.8. The molecule has 0 unspecified atom stereocenters. The first-order valence-electron chi connectivity index (χ1n) is 20.4. The predicted octanol–water partition coefficient (Wildman–Crippen LogP) is 2.59. The highest BCUT2D eigenvalue weighted by Gasteiger charge is 2.70. The number of aliphatic hydroxyl groups is 6. The molecule has 14 heteroatoms. The van der Waals surface area contributed by atoms with E-state index in [0.29, 0.717) is 32.1 Å². The van der Waals surface area contributed by atoms with E-state index >= 15 is 0 Å². The predicted molar refractivity (Wildman–Crippen MR) is 194 cm³/mol. The molecule has 0 aromatic rings. The lowest BCUT2D eigenvalue weighted by Gasteiger charge is -2.71. The quantitative estimate of drug-likeness (QED) is 0.137. The van der Waals surface area contributed by atoms with Crippen LogP contribution in [0.25, 0.3) is 0 Å². The summed E-state index contributed by atoms with van der Waals surface area (Å²) in [6.45, 7) is 12.4. The molecule has 312 valence electrons. The van der Waals surface area contributed by atoms with E-state index in [0.717, 1.165) is 37.7 Å². The summed E-state index contributed by atoms with van der Waals surface area (Å²) in [7, 11) is 0. The van der Waals surface area contributed by atoms with Gasteiger partial charge in [-0.15, -0.1) is 0 Å². The Labute approximate surface area is 323 Å². The van der Waals surface area contributed by atoms with E-state index in [1.54, 1.807) is 6.92 Å². The number of hydrogen-bond donors (Lipinski definition) is 8. The van der Waals surface area contributed by atoms with Crippen molar-refractivity contribution in [2.45, 2.75) is 167 Å². The van der Waals surface area contributed by atoms with E-state index in [9.17, 15) is 50.4 Å². The number of rotatable bonds is 7. The molecule has 0 amide bonds. The van der Waals surface area contributed by atoms with Gasteiger partial charge in [0.2, 0.25) is 0 Å². The Morgan fingerprint density at radius 3 is 2.13 bits per heavy atom. The highest BCUT2D eigenvalue weighted by molar-refractivity contribution is 5.79. The van der Waals surface area contributed by atoms with Crippen molar-refractivity contribution in [1.82, 2.24) is 0 Å². The molecule has 2 heterocycles. The fourth-order valence-corrected chi connectivity index (χ4v) is 13.4. The Morgan fingerprint density at radius 1 is 0.782 bits per heavy atom. The second-order valence-corrected chi connectivity index (χ2v) is 19.9. The van der Waals surface area contributed by atoms with Crippen LogP contribution in [0.1, 0.15) is 106 Å². The average Bonchev–Trinajstić information content (AvgIpc) is 3.12. The molecule has 2 aliphatic heterocycles. The number of carbonyl (C=O) groups is 2. The van der Waals surface area contributed by atoms with Crippen LogP contribution in [0.4, 0.5) is 0 Å². The first kappa shape index (κ1) is 41.4. The van der Waals surface area contributed by atoms with E-state index < -0.39 is 90.1 Å². The summed E-state index contributed by atoms with van der Waals surface area (Å²) in [6.07, 6.45) is -4.71. The van der Waals surface area contributed by atoms with Crippen molar-refractivity contribution in [2.75, 3.05) is 13.2 Å². The summed E-state index contributed by atoms with van der Waals surface area (Å²) in [5, 5.41) is 83.6. The Bertz CT molecular complexity index is 1530. The maximum absolute atomic E-state index is 13.1. The van der Waals surface area contributed by atoms with E-state index in [2.05, 4.69) is 40.7 Å². The number of ether oxygens (including phenoxy) is 4. The van der Waals surface area contributed by atoms with Crippen LogP contribution in [-0.4, -0.2) is 127 Å². The molecular weight excluding hydrogens is 716 g/mol. The molecule has 0 spiro atoms. The van der Waals surface area contributed by atoms with Crippen LogP contribution in [0.3, 0.4) is 0 Å². The molecule has 6 fully saturated rings. The average molecular weight is 781 g/mol. The normalized spacial score (nSPS) is 53.5. The molecule has 55 heavy (non-hydrogen) atoms. The summed E-state index contributed by atoms with van der Waals surface area (Å²) < 4.78 is 24.2. The number of aliphatic hydroxyl groups excluding tert-OH is 6. The molecule has 7 aliphatic rings. The van der Waals surface area contributed by atoms with Crippen molar-refractivity contribution in [3.05, 3.63) is 11.6 Å². The third-order valence-corrected chi connectivity index (χ3v) is 17.2. The monoisotopic (exact) mass is 780 g/mol. The largest absolute Gasteiger partial charge is 0.481 e. The highest BCUT2D eigenvalue weighted by Crippen LogP contribution is 2.76. The van der Waals surface area contributed by atoms with Crippen LogP contribution in [-0.2, 0) is 28.5 Å². The van der Waals surface area contributed by atoms with Crippen LogP contribution in [0, 0.1) is 50.2 Å². The van der Waals surface area contributed by atoms with Gasteiger partial charge in [-0.05, 0) is 111 Å². The van der Waals surface area contributed by atoms with Gasteiger partial charge in [-0.1, -0.05) is 46.3 Å². The molecule has 7 rings (SSSR count). The standard InChI is InChI=1S/C41H64O14/c1-36(2)24-9-12-40(6)25(8-7-20-21-17-37(3,34(48)49)13-15-41(21,35(50)51)16-14-39(20,40)5)38(24,4)11-10-26(36)54-33-31(27(44)22(43)19-52-33)55-32-30(47)29(46)28(45)23(18-42)53-32/h7,21-33,42-47H,8-19H2,1-6H3,(H,48,49)(H,50,51)/t21-,22-,23+,24-,25+,26-,27-,28+,29-,30+,31+,32-,33-,37+,38-,39+,40+,41-/m0/s1. The van der Waals surface area contributed by atoms with Gasteiger partial charge in [0.05, 0.1) is 30.1 Å². The molecule has 8 N–H and O–H groups in total. The molecular formula is C41H64O14. The van der Waals surface area contributed by atoms with E-state index in [1.165, 1.54) is 0 Å². The maximum Gasteiger partial charge on any atom is 0.310 e. The third kappa shape index (κ3) is 6.01. The van der Waals surface area contributed by atoms with Crippen molar-refractivity contribution in [1.29, 1.82) is 0 Å². The Kier molecular flexibility index (Phi) is 10.5. The second kappa shape index (κ2) is 13.9. The molecule has 5 aliphatic carbocycles. The fourth-order valence-electron chi connectivity index (χ4n) is 13.4. The SMILES string of the molecule is CC1(C)[C@@H](O[C@@H]2OC[C@H](O)[C@H](O)[C@H]2O[C@@H]2O[C@H](CO)[C@@H](O)[C@H](O)[C@H]2O)CC[C@]2(C)[C@H]3CC=C4[C@@H]5C[C@](C)(C(=O)O)CC[C@]5(C(=O)O)CC[C@@]4(C)[C@]3(C)CC[C@@H]12. The zero-order valence-electron chi connectivity index (χ0n) is 33.1. The van der Waals surface area contributed by atoms with Gasteiger partial charge in [0.25, 0.3) is 0 Å². The van der Waals surface area contributed by atoms with Crippen LogP contribution >= 0.6 is 0 Å². The fraction of sp³-hybridized carbons (Fsp3) is 0.902. The first-order valence-corrected chi connectivity index (χ1v) is 20.4. The lowest BCUT2D eigenvalue weighted by atomic mass is 9.33. The molecule has 0 aromatic heterocycles. The van der Waals surface area contributed by atoms with Crippen LogP contribution in [0.5, 0.6) is 0 Å². The summed E-state index contributed by atoms with van der Waals surface area (Å²) in [4.78, 5) is 25.6. The van der Waals surface area contributed by atoms with Gasteiger partial charge < -0.3 is 59.8 Å². The van der Waals surface area contributed by atoms with Gasteiger partial charge in [0.1, 0.15) is 42.7 Å². The molecule has 0 bridgehead atoms. The van der Waals surface area contributed by atoms with E-state index in [4.69, 9.17) is 18.9 Å². The summed E-state index contributed by atoms with van der Waals surface area (Å²) in [5.41, 5.74) is -1.70. The molecule has 0 radical (unpaired) electrons. The zero-order valence-corrected chi connectivity index (χ0v) is 33.1. The van der Waals surface area contributed by atoms with Crippen molar-refractivity contribution >= 4 is 11.9 Å². The number of hydrogen-bond acceptors (Lipinski definition) is 12. The minimum atomic E-state index is -1.72. The van der Waals surface area contributed by atoms with E-state index in [1.807, 2.05) is 0 Å². The molecule has 14 nitrogen and oxygen atoms in total. The lowest BCUT2D eigenvalue weighted by Crippen LogP contribution is -2.66. The van der Waals surface area contributed by atoms with Gasteiger partial charge in [-0.3, -0.25) is 9.59 Å². The Morgan fingerprint density at radius 2 is 1.47 bits per heavy atom. The van der Waals surface area contributed by atoms with Gasteiger partial charge in [0, 0.05) is 0 Å². The molecule has 18 atom stereocenters. The smallest absolute Gasteiger partial charge is 0.310 e. The van der Waals surface area contributed by atoms with Crippen LogP contribution < -0.4 is 0 Å². The maximum atomic E-state index is 13.1. The van der Waals surface area contributed by atoms with Crippen molar-refractivity contribution in [3.63, 3.8) is 0 Å². The molecule has 4 saturated carbocycles. The van der Waals surface area contributed by atoms with Crippen molar-refractivity contribution in [3.8, 4) is 0 Å². The van der Waals surface area contributed by atoms with E-state index in [-0.39, 0.29) is 46.7 Å². The van der Waals surface area contributed by atoms with Gasteiger partial charge in [0.15, 0.2) is 12.6 Å². The number of fused-ring (bicyclic) bond motifs is 7. The Balaban J connectivity index is 1.14. The first-order chi connectivity index (χ1) is 25.6. The van der Waals surface area contributed by atoms with Crippen molar-refractivity contribution in [2.24, 2.45) is 50.2 Å². The minimum absolute atomic E-state index is 0.111. The molecule has 2 saturated heterocycles. The zero-order chi connectivity index (χ0) is 40.3. The van der Waals surface area contributed by atoms with Crippen molar-refractivity contribution < 1.29 is 69.4 Å². The lowest BCUT2D eigenvalue weighted by molar-refractivity contribution is -0.367. The number of carboxylic acid groups (broad SMARTS) is 2. The summed E-state index contributed by atoms with van der Waals surface area (Å²) in [5.74, 6) is -1.49. The topological polar surface area (TPSA) is 233 Å². The second-order valence-electron chi connectivity index (χ2n) is 19.9. The minimum Gasteiger partial charge on any atom is -0.481 e. The van der Waals surface area contributed by atoms with Gasteiger partial charge in [-0.2, -0.15) is 0 Å². The van der Waals surface area contributed by atoms with Crippen LogP contribution in [0.15, 0.2) is 11.6 Å². The Hall–Kier alpha value is -1.72. The van der Waals surface area contributed by atoms with Gasteiger partial charge in [-0.25, -0.2) is 0 Å².